The molecule has 1 aromatic carbocycles. The fourth-order valence-electron chi connectivity index (χ4n) is 2.42. The average Bonchev–Trinajstić information content (AvgIpc) is 3.29. The average molecular weight is 336 g/mol. The summed E-state index contributed by atoms with van der Waals surface area (Å²) in [6.45, 7) is 4.39. The van der Waals surface area contributed by atoms with E-state index >= 15 is 0 Å². The van der Waals surface area contributed by atoms with E-state index in [4.69, 9.17) is 4.42 Å². The van der Waals surface area contributed by atoms with Crippen molar-refractivity contribution in [2.24, 2.45) is 0 Å². The summed E-state index contributed by atoms with van der Waals surface area (Å²) >= 11 is 1.49. The van der Waals surface area contributed by atoms with Crippen LogP contribution in [0.1, 0.15) is 35.9 Å². The van der Waals surface area contributed by atoms with Crippen molar-refractivity contribution in [1.82, 2.24) is 19.8 Å². The molecule has 120 valence electrons. The van der Waals surface area contributed by atoms with Gasteiger partial charge in [0.1, 0.15) is 5.01 Å². The van der Waals surface area contributed by atoms with E-state index in [-0.39, 0.29) is 0 Å². The van der Waals surface area contributed by atoms with Crippen LogP contribution in [-0.2, 0) is 0 Å². The molecule has 0 saturated heterocycles. The lowest BCUT2D eigenvalue weighted by molar-refractivity contribution is 0.575. The van der Waals surface area contributed by atoms with E-state index in [0.717, 1.165) is 15.5 Å². The molecule has 0 fully saturated rings. The summed E-state index contributed by atoms with van der Waals surface area (Å²) in [4.78, 5) is 0.746. The molecule has 6 heteroatoms. The quantitative estimate of drug-likeness (QED) is 0.540. The van der Waals surface area contributed by atoms with Gasteiger partial charge in [-0.15, -0.1) is 10.2 Å². The van der Waals surface area contributed by atoms with Crippen molar-refractivity contribution >= 4 is 28.4 Å². The summed E-state index contributed by atoms with van der Waals surface area (Å²) in [6.07, 6.45) is 5.67. The molecule has 5 nitrogen and oxygen atoms in total. The van der Waals surface area contributed by atoms with Gasteiger partial charge in [0.25, 0.3) is 0 Å². The van der Waals surface area contributed by atoms with Gasteiger partial charge >= 0.3 is 0 Å². The lowest BCUT2D eigenvalue weighted by Gasteiger charge is -2.04. The first-order chi connectivity index (χ1) is 11.7. The molecular formula is C18H16N4OS. The van der Waals surface area contributed by atoms with Crippen molar-refractivity contribution in [3.63, 3.8) is 0 Å². The summed E-state index contributed by atoms with van der Waals surface area (Å²) < 4.78 is 7.09. The van der Waals surface area contributed by atoms with Gasteiger partial charge in [0.2, 0.25) is 10.8 Å². The number of rotatable bonds is 4. The molecule has 0 N–H and O–H groups in total. The third kappa shape index (κ3) is 2.76. The standard InChI is InChI=1S/C18H16N4OS/c1-12(2)14-8-5-13(6-9-14)7-10-16-21-22-17(15-4-3-11-23-15)19-20-18(22)24-16/h3-12H,1-2H3. The van der Waals surface area contributed by atoms with Crippen molar-refractivity contribution in [2.45, 2.75) is 19.8 Å². The minimum atomic E-state index is 0.544. The van der Waals surface area contributed by atoms with Crippen molar-refractivity contribution < 1.29 is 4.42 Å². The van der Waals surface area contributed by atoms with Gasteiger partial charge in [-0.3, -0.25) is 0 Å². The van der Waals surface area contributed by atoms with Crippen LogP contribution in [0.3, 0.4) is 0 Å². The fraction of sp³-hybridized carbons (Fsp3) is 0.167. The zero-order valence-electron chi connectivity index (χ0n) is 13.4. The molecule has 0 spiro atoms. The second-order valence-electron chi connectivity index (χ2n) is 5.79. The van der Waals surface area contributed by atoms with Crippen LogP contribution in [-0.4, -0.2) is 19.8 Å². The molecule has 0 bridgehead atoms. The monoisotopic (exact) mass is 336 g/mol. The Kier molecular flexibility index (Phi) is 3.74. The Labute approximate surface area is 143 Å². The Balaban J connectivity index is 1.60. The zero-order valence-corrected chi connectivity index (χ0v) is 14.2. The molecule has 0 aliphatic carbocycles. The van der Waals surface area contributed by atoms with E-state index in [1.807, 2.05) is 18.2 Å². The van der Waals surface area contributed by atoms with Gasteiger partial charge in [-0.2, -0.15) is 9.61 Å². The van der Waals surface area contributed by atoms with Crippen LogP contribution < -0.4 is 0 Å². The molecule has 4 rings (SSSR count). The largest absolute Gasteiger partial charge is 0.461 e. The Hall–Kier alpha value is -2.73. The van der Waals surface area contributed by atoms with Crippen LogP contribution in [0.25, 0.3) is 28.7 Å². The van der Waals surface area contributed by atoms with Gasteiger partial charge in [-0.05, 0) is 35.3 Å². The normalized spacial score (nSPS) is 12.0. The number of aromatic nitrogens is 4. The van der Waals surface area contributed by atoms with E-state index in [1.165, 1.54) is 16.9 Å². The van der Waals surface area contributed by atoms with E-state index in [9.17, 15) is 0 Å². The highest BCUT2D eigenvalue weighted by atomic mass is 32.1. The van der Waals surface area contributed by atoms with Crippen LogP contribution >= 0.6 is 11.3 Å². The highest BCUT2D eigenvalue weighted by Gasteiger charge is 2.14. The minimum Gasteiger partial charge on any atom is -0.461 e. The second-order valence-corrected chi connectivity index (χ2v) is 6.78. The lowest BCUT2D eigenvalue weighted by Crippen LogP contribution is -1.89. The Morgan fingerprint density at radius 2 is 1.92 bits per heavy atom. The van der Waals surface area contributed by atoms with Crippen LogP contribution in [0, 0.1) is 0 Å². The summed E-state index contributed by atoms with van der Waals surface area (Å²) in [5.41, 5.74) is 2.49. The van der Waals surface area contributed by atoms with Gasteiger partial charge in [-0.25, -0.2) is 0 Å². The molecule has 3 aromatic heterocycles. The maximum absolute atomic E-state index is 5.38. The van der Waals surface area contributed by atoms with Crippen LogP contribution in [0.2, 0.25) is 0 Å². The SMILES string of the molecule is CC(C)c1ccc(C=Cc2nn3c(-c4ccco4)nnc3s2)cc1. The topological polar surface area (TPSA) is 56.2 Å². The molecule has 0 atom stereocenters. The number of nitrogens with zero attached hydrogens (tertiary/aromatic N) is 4. The first kappa shape index (κ1) is 14.8. The predicted octanol–water partition coefficient (Wildman–Crippen LogP) is 4.74. The molecule has 0 saturated carbocycles. The zero-order chi connectivity index (χ0) is 16.5. The van der Waals surface area contributed by atoms with E-state index < -0.39 is 0 Å². The maximum atomic E-state index is 5.38. The smallest absolute Gasteiger partial charge is 0.235 e. The van der Waals surface area contributed by atoms with Crippen LogP contribution in [0.5, 0.6) is 0 Å². The van der Waals surface area contributed by atoms with Crippen molar-refractivity contribution in [3.05, 3.63) is 58.8 Å². The molecule has 4 aromatic rings. The molecule has 0 amide bonds. The van der Waals surface area contributed by atoms with E-state index in [0.29, 0.717) is 17.5 Å². The molecule has 3 heterocycles. The lowest BCUT2D eigenvalue weighted by atomic mass is 10.0. The third-order valence-electron chi connectivity index (χ3n) is 3.77. The van der Waals surface area contributed by atoms with Crippen LogP contribution in [0.4, 0.5) is 0 Å². The molecule has 0 aliphatic heterocycles. The number of fused-ring (bicyclic) bond motifs is 1. The number of furan rings is 1. The number of benzene rings is 1. The summed E-state index contributed by atoms with van der Waals surface area (Å²) in [6, 6.07) is 12.3. The van der Waals surface area contributed by atoms with Crippen molar-refractivity contribution in [2.75, 3.05) is 0 Å². The fourth-order valence-corrected chi connectivity index (χ4v) is 3.16. The van der Waals surface area contributed by atoms with E-state index in [2.05, 4.69) is 59.5 Å². The summed E-state index contributed by atoms with van der Waals surface area (Å²) in [5, 5.41) is 13.7. The predicted molar refractivity (Wildman–Crippen MR) is 95.8 cm³/mol. The van der Waals surface area contributed by atoms with Crippen molar-refractivity contribution in [3.8, 4) is 11.6 Å². The highest BCUT2D eigenvalue weighted by Crippen LogP contribution is 2.23. The Bertz CT molecular complexity index is 978. The highest BCUT2D eigenvalue weighted by molar-refractivity contribution is 7.17. The Morgan fingerprint density at radius 1 is 1.08 bits per heavy atom. The first-order valence-corrected chi connectivity index (χ1v) is 8.56. The molecule has 0 unspecified atom stereocenters. The van der Waals surface area contributed by atoms with Gasteiger partial charge in [0.05, 0.1) is 6.26 Å². The molecule has 0 radical (unpaired) electrons. The molecule has 24 heavy (non-hydrogen) atoms. The number of hydrogen-bond acceptors (Lipinski definition) is 5. The third-order valence-corrected chi connectivity index (χ3v) is 4.63. The van der Waals surface area contributed by atoms with Crippen LogP contribution in [0.15, 0.2) is 47.1 Å². The summed E-state index contributed by atoms with van der Waals surface area (Å²) in [5.74, 6) is 1.82. The minimum absolute atomic E-state index is 0.544. The van der Waals surface area contributed by atoms with Gasteiger partial charge < -0.3 is 4.42 Å². The molecule has 0 aliphatic rings. The van der Waals surface area contributed by atoms with E-state index in [1.54, 1.807) is 10.8 Å². The summed E-state index contributed by atoms with van der Waals surface area (Å²) in [7, 11) is 0. The van der Waals surface area contributed by atoms with Crippen molar-refractivity contribution in [1.29, 1.82) is 0 Å². The number of hydrogen-bond donors (Lipinski definition) is 0. The second kappa shape index (κ2) is 6.05. The maximum Gasteiger partial charge on any atom is 0.235 e. The van der Waals surface area contributed by atoms with Gasteiger partial charge in [-0.1, -0.05) is 55.5 Å². The Morgan fingerprint density at radius 3 is 2.62 bits per heavy atom. The van der Waals surface area contributed by atoms with Gasteiger partial charge in [0.15, 0.2) is 5.76 Å². The molecular weight excluding hydrogens is 320 g/mol. The first-order valence-electron chi connectivity index (χ1n) is 7.75. The van der Waals surface area contributed by atoms with Gasteiger partial charge in [0, 0.05) is 0 Å².